The number of hydrogen-bond donors (Lipinski definition) is 2. The first-order valence-electron chi connectivity index (χ1n) is 13.2. The van der Waals surface area contributed by atoms with Crippen molar-refractivity contribution in [1.29, 1.82) is 0 Å². The molecule has 11 heteroatoms. The van der Waals surface area contributed by atoms with Gasteiger partial charge in [-0.2, -0.15) is 0 Å². The van der Waals surface area contributed by atoms with E-state index in [2.05, 4.69) is 15.6 Å². The summed E-state index contributed by atoms with van der Waals surface area (Å²) in [6, 6.07) is 14.5. The number of halogens is 2. The predicted molar refractivity (Wildman–Crippen MR) is 158 cm³/mol. The van der Waals surface area contributed by atoms with Crippen molar-refractivity contribution in [3.63, 3.8) is 0 Å². The van der Waals surface area contributed by atoms with Crippen LogP contribution in [0.4, 0.5) is 20.2 Å². The highest BCUT2D eigenvalue weighted by molar-refractivity contribution is 7.98. The van der Waals surface area contributed by atoms with Gasteiger partial charge in [-0.1, -0.05) is 12.8 Å². The Balaban J connectivity index is 1.38. The van der Waals surface area contributed by atoms with Crippen LogP contribution in [0, 0.1) is 17.0 Å². The Morgan fingerprint density at radius 2 is 1.43 bits per heavy atom. The molecule has 1 aromatic heterocycles. The summed E-state index contributed by atoms with van der Waals surface area (Å²) in [5, 5.41) is 6.69. The van der Waals surface area contributed by atoms with E-state index in [1.54, 1.807) is 18.2 Å². The molecule has 0 unspecified atom stereocenters. The molecule has 3 aromatic carbocycles. The van der Waals surface area contributed by atoms with E-state index in [9.17, 15) is 14.0 Å². The van der Waals surface area contributed by atoms with E-state index >= 15 is 4.39 Å². The van der Waals surface area contributed by atoms with Crippen LogP contribution in [-0.2, 0) is 9.59 Å². The van der Waals surface area contributed by atoms with Crippen LogP contribution in [0.15, 0.2) is 65.7 Å². The highest BCUT2D eigenvalue weighted by Crippen LogP contribution is 2.42. The molecule has 42 heavy (non-hydrogen) atoms. The van der Waals surface area contributed by atoms with E-state index in [-0.39, 0.29) is 11.4 Å². The molecule has 5 rings (SSSR count). The van der Waals surface area contributed by atoms with E-state index < -0.39 is 28.9 Å². The Labute approximate surface area is 245 Å². The molecule has 0 saturated heterocycles. The van der Waals surface area contributed by atoms with Gasteiger partial charge >= 0.3 is 0 Å². The van der Waals surface area contributed by atoms with Crippen molar-refractivity contribution < 1.29 is 32.6 Å². The molecular formula is C31H29F2N3O5S. The number of pyridine rings is 1. The lowest BCUT2D eigenvalue weighted by atomic mass is 9.83. The molecule has 1 saturated carbocycles. The molecule has 4 aromatic rings. The number of benzene rings is 3. The zero-order valence-corrected chi connectivity index (χ0v) is 24.1. The normalized spacial score (nSPS) is 13.9. The Morgan fingerprint density at radius 1 is 0.810 bits per heavy atom. The van der Waals surface area contributed by atoms with E-state index in [4.69, 9.17) is 14.2 Å². The molecule has 2 amide bonds. The summed E-state index contributed by atoms with van der Waals surface area (Å²) < 4.78 is 45.4. The second-order valence-corrected chi connectivity index (χ2v) is 10.7. The number of methoxy groups -OCH3 is 2. The van der Waals surface area contributed by atoms with Crippen molar-refractivity contribution in [3.8, 4) is 23.0 Å². The van der Waals surface area contributed by atoms with E-state index in [0.29, 0.717) is 64.5 Å². The lowest BCUT2D eigenvalue weighted by molar-refractivity contribution is -0.136. The van der Waals surface area contributed by atoms with Crippen molar-refractivity contribution in [2.45, 2.75) is 30.7 Å². The number of ether oxygens (including phenoxy) is 3. The number of thioether (sulfide) groups is 1. The Kier molecular flexibility index (Phi) is 8.49. The maximum absolute atomic E-state index is 15.3. The van der Waals surface area contributed by atoms with Crippen molar-refractivity contribution in [3.05, 3.63) is 72.3 Å². The summed E-state index contributed by atoms with van der Waals surface area (Å²) in [6.45, 7) is 0. The highest BCUT2D eigenvalue weighted by atomic mass is 32.2. The zero-order valence-electron chi connectivity index (χ0n) is 23.3. The largest absolute Gasteiger partial charge is 0.493 e. The molecule has 1 fully saturated rings. The molecule has 218 valence electrons. The minimum Gasteiger partial charge on any atom is -0.493 e. The summed E-state index contributed by atoms with van der Waals surface area (Å²) in [6.07, 6.45) is 3.95. The molecule has 0 radical (unpaired) electrons. The summed E-state index contributed by atoms with van der Waals surface area (Å²) in [7, 11) is 3.05. The van der Waals surface area contributed by atoms with Gasteiger partial charge in [-0.25, -0.2) is 13.8 Å². The average Bonchev–Trinajstić information content (AvgIpc) is 3.50. The Hall–Kier alpha value is -4.38. The number of carbonyl (C=O) groups excluding carboxylic acids is 2. The van der Waals surface area contributed by atoms with Crippen LogP contribution in [-0.4, -0.2) is 37.3 Å². The first-order valence-corrected chi connectivity index (χ1v) is 14.5. The van der Waals surface area contributed by atoms with Crippen LogP contribution < -0.4 is 24.8 Å². The Bertz CT molecular complexity index is 1640. The monoisotopic (exact) mass is 593 g/mol. The Morgan fingerprint density at radius 3 is 2.05 bits per heavy atom. The molecular weight excluding hydrogens is 564 g/mol. The minimum absolute atomic E-state index is 0.0630. The molecule has 0 bridgehead atoms. The summed E-state index contributed by atoms with van der Waals surface area (Å²) in [5.41, 5.74) is -0.178. The quantitative estimate of drug-likeness (QED) is 0.157. The zero-order chi connectivity index (χ0) is 29.9. The van der Waals surface area contributed by atoms with Crippen LogP contribution in [0.5, 0.6) is 23.0 Å². The summed E-state index contributed by atoms with van der Waals surface area (Å²) in [4.78, 5) is 31.3. The van der Waals surface area contributed by atoms with Crippen LogP contribution in [0.25, 0.3) is 10.9 Å². The standard InChI is InChI=1S/C31H29F2N3O5S/c1-39-26-15-21-23(16-27(26)40-2)36-28(42-3)17-25(21)41-24-11-10-20(14-22(24)33)35-30(38)31(12-4-5-13-31)29(37)34-19-8-6-18(32)7-9-19/h6-11,14-17H,4-5,12-13H2,1-3H3,(H,34,37)(H,35,38). The molecule has 1 heterocycles. The molecule has 1 aliphatic rings. The number of nitrogens with one attached hydrogen (secondary N) is 2. The topological polar surface area (TPSA) is 98.8 Å². The van der Waals surface area contributed by atoms with Crippen molar-refractivity contribution in [2.24, 2.45) is 5.41 Å². The van der Waals surface area contributed by atoms with Crippen LogP contribution >= 0.6 is 11.8 Å². The number of fused-ring (bicyclic) bond motifs is 1. The van der Waals surface area contributed by atoms with E-state index in [0.717, 1.165) is 6.07 Å². The maximum atomic E-state index is 15.3. The SMILES string of the molecule is COc1cc2nc(SC)cc(Oc3ccc(NC(=O)C4(C(=O)Nc5ccc(F)cc5)CCCC4)cc3F)c2cc1OC. The third kappa shape index (κ3) is 5.82. The number of hydrogen-bond acceptors (Lipinski definition) is 7. The minimum atomic E-state index is -1.33. The summed E-state index contributed by atoms with van der Waals surface area (Å²) in [5.74, 6) is -0.881. The number of aromatic nitrogens is 1. The first kappa shape index (κ1) is 29.1. The average molecular weight is 594 g/mol. The second-order valence-electron chi connectivity index (χ2n) is 9.84. The highest BCUT2D eigenvalue weighted by Gasteiger charge is 2.48. The number of anilines is 2. The molecule has 2 N–H and O–H groups in total. The number of nitrogens with zero attached hydrogens (tertiary/aromatic N) is 1. The maximum Gasteiger partial charge on any atom is 0.240 e. The molecule has 0 spiro atoms. The van der Waals surface area contributed by atoms with E-state index in [1.807, 2.05) is 6.26 Å². The van der Waals surface area contributed by atoms with Crippen molar-refractivity contribution >= 4 is 45.9 Å². The van der Waals surface area contributed by atoms with Gasteiger partial charge < -0.3 is 24.8 Å². The van der Waals surface area contributed by atoms with Crippen molar-refractivity contribution in [1.82, 2.24) is 4.98 Å². The first-order chi connectivity index (χ1) is 20.3. The third-order valence-electron chi connectivity index (χ3n) is 7.30. The van der Waals surface area contributed by atoms with Gasteiger partial charge in [-0.3, -0.25) is 9.59 Å². The fraction of sp³-hybridized carbons (Fsp3) is 0.258. The fourth-order valence-corrected chi connectivity index (χ4v) is 5.45. The van der Waals surface area contributed by atoms with Crippen LogP contribution in [0.2, 0.25) is 0 Å². The summed E-state index contributed by atoms with van der Waals surface area (Å²) >= 11 is 1.41. The molecule has 8 nitrogen and oxygen atoms in total. The smallest absolute Gasteiger partial charge is 0.240 e. The molecule has 0 atom stereocenters. The van der Waals surface area contributed by atoms with Gasteiger partial charge in [0.1, 0.15) is 22.0 Å². The molecule has 0 aliphatic heterocycles. The van der Waals surface area contributed by atoms with Gasteiger partial charge in [0.15, 0.2) is 23.1 Å². The van der Waals surface area contributed by atoms with Crippen LogP contribution in [0.1, 0.15) is 25.7 Å². The van der Waals surface area contributed by atoms with Gasteiger partial charge in [0.05, 0.1) is 19.7 Å². The fourth-order valence-electron chi connectivity index (χ4n) is 5.04. The van der Waals surface area contributed by atoms with Gasteiger partial charge in [0.25, 0.3) is 0 Å². The second kappa shape index (κ2) is 12.2. The van der Waals surface area contributed by atoms with Gasteiger partial charge in [-0.15, -0.1) is 11.8 Å². The van der Waals surface area contributed by atoms with Gasteiger partial charge in [-0.05, 0) is 61.6 Å². The van der Waals surface area contributed by atoms with Crippen molar-refractivity contribution in [2.75, 3.05) is 31.1 Å². The van der Waals surface area contributed by atoms with Gasteiger partial charge in [0.2, 0.25) is 11.8 Å². The number of amides is 2. The lowest BCUT2D eigenvalue weighted by Gasteiger charge is -2.26. The third-order valence-corrected chi connectivity index (χ3v) is 7.93. The van der Waals surface area contributed by atoms with Gasteiger partial charge in [0, 0.05) is 35.0 Å². The predicted octanol–water partition coefficient (Wildman–Crippen LogP) is 7.18. The molecule has 1 aliphatic carbocycles. The number of carbonyl (C=O) groups is 2. The lowest BCUT2D eigenvalue weighted by Crippen LogP contribution is -2.44. The van der Waals surface area contributed by atoms with Crippen LogP contribution in [0.3, 0.4) is 0 Å². The number of rotatable bonds is 9. The van der Waals surface area contributed by atoms with E-state index in [1.165, 1.54) is 62.4 Å².